The number of isocyanates is 1. The van der Waals surface area contributed by atoms with E-state index < -0.39 is 0 Å². The predicted octanol–water partition coefficient (Wildman–Crippen LogP) is 0.416. The number of rotatable bonds is 4. The molecule has 0 spiro atoms. The molecule has 0 aliphatic heterocycles. The summed E-state index contributed by atoms with van der Waals surface area (Å²) in [6.45, 7) is 1.48. The van der Waals surface area contributed by atoms with E-state index in [1.807, 2.05) is 0 Å². The highest BCUT2D eigenvalue weighted by molar-refractivity contribution is 5.32. The molecule has 0 unspecified atom stereocenters. The van der Waals surface area contributed by atoms with E-state index >= 15 is 0 Å². The zero-order chi connectivity index (χ0) is 7.40. The smallest absolute Gasteiger partial charge is 0.234 e. The maximum atomic E-state index is 9.66. The van der Waals surface area contributed by atoms with Crippen molar-refractivity contribution in [2.45, 2.75) is 18.9 Å². The van der Waals surface area contributed by atoms with Crippen molar-refractivity contribution >= 4 is 6.08 Å². The Balaban J connectivity index is 2.05. The van der Waals surface area contributed by atoms with Crippen LogP contribution in [0.15, 0.2) is 4.99 Å². The molecule has 0 aromatic rings. The highest BCUT2D eigenvalue weighted by atomic mass is 16.1. The van der Waals surface area contributed by atoms with Crippen LogP contribution in [-0.4, -0.2) is 37.2 Å². The monoisotopic (exact) mass is 140 g/mol. The fraction of sp³-hybridized carbons (Fsp3) is 0.857. The van der Waals surface area contributed by atoms with Gasteiger partial charge in [-0.1, -0.05) is 0 Å². The largest absolute Gasteiger partial charge is 0.302 e. The highest BCUT2D eigenvalue weighted by Gasteiger charge is 2.25. The van der Waals surface area contributed by atoms with Crippen LogP contribution in [0.2, 0.25) is 0 Å². The summed E-state index contributed by atoms with van der Waals surface area (Å²) in [7, 11) is 2.07. The Morgan fingerprint density at radius 2 is 2.40 bits per heavy atom. The summed E-state index contributed by atoms with van der Waals surface area (Å²) in [6, 6.07) is 0.766. The first-order chi connectivity index (χ1) is 4.84. The van der Waals surface area contributed by atoms with Gasteiger partial charge in [0.25, 0.3) is 0 Å². The number of hydrogen-bond donors (Lipinski definition) is 0. The van der Waals surface area contributed by atoms with Gasteiger partial charge in [0.05, 0.1) is 6.54 Å². The first-order valence-corrected chi connectivity index (χ1v) is 3.58. The van der Waals surface area contributed by atoms with Gasteiger partial charge in [-0.2, -0.15) is 0 Å². The molecule has 1 aliphatic rings. The van der Waals surface area contributed by atoms with E-state index in [4.69, 9.17) is 0 Å². The molecule has 0 atom stereocenters. The van der Waals surface area contributed by atoms with Crippen LogP contribution in [0.3, 0.4) is 0 Å². The lowest BCUT2D eigenvalue weighted by molar-refractivity contribution is 0.334. The molecule has 1 aliphatic carbocycles. The first kappa shape index (κ1) is 7.45. The third-order valence-corrected chi connectivity index (χ3v) is 1.80. The Labute approximate surface area is 60.7 Å². The van der Waals surface area contributed by atoms with Crippen LogP contribution in [0.5, 0.6) is 0 Å². The summed E-state index contributed by atoms with van der Waals surface area (Å²) < 4.78 is 0. The van der Waals surface area contributed by atoms with Gasteiger partial charge in [-0.15, -0.1) is 0 Å². The third kappa shape index (κ3) is 2.29. The number of likely N-dealkylation sites (N-methyl/N-ethyl adjacent to an activating group) is 1. The second-order valence-electron chi connectivity index (χ2n) is 2.68. The molecule has 56 valence electrons. The lowest BCUT2D eigenvalue weighted by atomic mass is 10.5. The van der Waals surface area contributed by atoms with Gasteiger partial charge in [-0.05, 0) is 19.9 Å². The maximum absolute atomic E-state index is 9.66. The van der Waals surface area contributed by atoms with Gasteiger partial charge in [0.2, 0.25) is 6.08 Å². The van der Waals surface area contributed by atoms with E-state index in [1.54, 1.807) is 0 Å². The molecule has 1 saturated carbocycles. The maximum Gasteiger partial charge on any atom is 0.234 e. The fourth-order valence-corrected chi connectivity index (χ4v) is 0.951. The second kappa shape index (κ2) is 3.49. The summed E-state index contributed by atoms with van der Waals surface area (Å²) in [5, 5.41) is 0. The molecule has 0 saturated heterocycles. The van der Waals surface area contributed by atoms with E-state index in [2.05, 4.69) is 16.9 Å². The van der Waals surface area contributed by atoms with E-state index in [9.17, 15) is 4.79 Å². The van der Waals surface area contributed by atoms with Crippen molar-refractivity contribution in [2.24, 2.45) is 4.99 Å². The number of aliphatic imine (C=N–C) groups is 1. The third-order valence-electron chi connectivity index (χ3n) is 1.80. The molecule has 0 aromatic carbocycles. The molecule has 0 radical (unpaired) electrons. The van der Waals surface area contributed by atoms with Crippen molar-refractivity contribution in [2.75, 3.05) is 20.1 Å². The molecular weight excluding hydrogens is 128 g/mol. The van der Waals surface area contributed by atoms with Crippen LogP contribution in [0, 0.1) is 0 Å². The zero-order valence-electron chi connectivity index (χ0n) is 6.21. The molecule has 0 bridgehead atoms. The van der Waals surface area contributed by atoms with Crippen LogP contribution in [0.25, 0.3) is 0 Å². The molecule has 3 heteroatoms. The quantitative estimate of drug-likeness (QED) is 0.418. The summed E-state index contributed by atoms with van der Waals surface area (Å²) in [4.78, 5) is 15.4. The predicted molar refractivity (Wildman–Crippen MR) is 38.6 cm³/mol. The number of nitrogens with zero attached hydrogens (tertiary/aromatic N) is 2. The Morgan fingerprint density at radius 3 is 2.90 bits per heavy atom. The first-order valence-electron chi connectivity index (χ1n) is 3.58. The summed E-state index contributed by atoms with van der Waals surface area (Å²) in [5.41, 5.74) is 0. The minimum atomic E-state index is 0.594. The molecule has 0 heterocycles. The van der Waals surface area contributed by atoms with Crippen molar-refractivity contribution in [3.8, 4) is 0 Å². The van der Waals surface area contributed by atoms with Crippen LogP contribution >= 0.6 is 0 Å². The summed E-state index contributed by atoms with van der Waals surface area (Å²) in [5.74, 6) is 0. The molecule has 0 N–H and O–H groups in total. The van der Waals surface area contributed by atoms with Crippen molar-refractivity contribution in [1.29, 1.82) is 0 Å². The van der Waals surface area contributed by atoms with Gasteiger partial charge in [-0.3, -0.25) is 0 Å². The van der Waals surface area contributed by atoms with E-state index in [0.29, 0.717) is 6.54 Å². The standard InChI is InChI=1S/C7H12N2O/c1-9(7-2-3-7)5-4-8-6-10/h7H,2-5H2,1H3. The molecule has 3 nitrogen and oxygen atoms in total. The van der Waals surface area contributed by atoms with Gasteiger partial charge in [-0.25, -0.2) is 9.79 Å². The number of carbonyl (C=O) groups excluding carboxylic acids is 1. The van der Waals surface area contributed by atoms with Crippen LogP contribution < -0.4 is 0 Å². The molecule has 0 aromatic heterocycles. The lowest BCUT2D eigenvalue weighted by Gasteiger charge is -2.12. The van der Waals surface area contributed by atoms with E-state index in [1.165, 1.54) is 18.9 Å². The Bertz CT molecular complexity index is 148. The Kier molecular flexibility index (Phi) is 2.60. The van der Waals surface area contributed by atoms with E-state index in [0.717, 1.165) is 12.6 Å². The van der Waals surface area contributed by atoms with Crippen LogP contribution in [0.1, 0.15) is 12.8 Å². The Hall–Kier alpha value is -0.660. The van der Waals surface area contributed by atoms with Crippen LogP contribution in [0.4, 0.5) is 0 Å². The van der Waals surface area contributed by atoms with E-state index in [-0.39, 0.29) is 0 Å². The second-order valence-corrected chi connectivity index (χ2v) is 2.68. The number of hydrogen-bond acceptors (Lipinski definition) is 3. The van der Waals surface area contributed by atoms with Gasteiger partial charge in [0, 0.05) is 12.6 Å². The van der Waals surface area contributed by atoms with Gasteiger partial charge in [0.1, 0.15) is 0 Å². The van der Waals surface area contributed by atoms with Gasteiger partial charge in [0.15, 0.2) is 0 Å². The van der Waals surface area contributed by atoms with Gasteiger partial charge >= 0.3 is 0 Å². The normalized spacial score (nSPS) is 17.0. The van der Waals surface area contributed by atoms with Crippen LogP contribution in [-0.2, 0) is 4.79 Å². The molecule has 0 amide bonds. The average molecular weight is 140 g/mol. The average Bonchev–Trinajstić information content (AvgIpc) is 2.69. The van der Waals surface area contributed by atoms with Gasteiger partial charge < -0.3 is 4.90 Å². The topological polar surface area (TPSA) is 32.7 Å². The summed E-state index contributed by atoms with van der Waals surface area (Å²) in [6.07, 6.45) is 4.14. The van der Waals surface area contributed by atoms with Crippen molar-refractivity contribution in [3.63, 3.8) is 0 Å². The SMILES string of the molecule is CN(CCN=C=O)C1CC1. The molecule has 1 fully saturated rings. The molecule has 1 rings (SSSR count). The fourth-order valence-electron chi connectivity index (χ4n) is 0.951. The lowest BCUT2D eigenvalue weighted by Crippen LogP contribution is -2.23. The van der Waals surface area contributed by atoms with Crippen molar-refractivity contribution in [3.05, 3.63) is 0 Å². The zero-order valence-corrected chi connectivity index (χ0v) is 6.21. The summed E-state index contributed by atoms with van der Waals surface area (Å²) >= 11 is 0. The highest BCUT2D eigenvalue weighted by Crippen LogP contribution is 2.24. The van der Waals surface area contributed by atoms with Crippen molar-refractivity contribution in [1.82, 2.24) is 4.90 Å². The Morgan fingerprint density at radius 1 is 1.70 bits per heavy atom. The minimum Gasteiger partial charge on any atom is -0.302 e. The minimum absolute atomic E-state index is 0.594. The van der Waals surface area contributed by atoms with Crippen molar-refractivity contribution < 1.29 is 4.79 Å². The molecular formula is C7H12N2O. The molecule has 10 heavy (non-hydrogen) atoms.